The van der Waals surface area contributed by atoms with Crippen LogP contribution in [0.2, 0.25) is 0 Å². The Morgan fingerprint density at radius 2 is 2.40 bits per heavy atom. The molecule has 1 saturated heterocycles. The number of nitrogens with zero attached hydrogens (tertiary/aromatic N) is 1. The number of hydrogen-bond donors (Lipinski definition) is 1. The first-order chi connectivity index (χ1) is 4.72. The molecular formula is C5H10NO3P. The fraction of sp³-hybridized carbons (Fsp3) is 0.600. The Hall–Kier alpha value is -0.630. The number of imide groups is 1. The SMILES string of the molecule is O=C(O)N1CC[PH3]CC1=O. The molecule has 0 spiro atoms. The van der Waals surface area contributed by atoms with Gasteiger partial charge in [-0.05, 0) is 0 Å². The first-order valence-corrected chi connectivity index (χ1v) is 5.25. The molecule has 2 amide bonds. The molecule has 1 aliphatic heterocycles. The van der Waals surface area contributed by atoms with Gasteiger partial charge in [-0.1, -0.05) is 0 Å². The van der Waals surface area contributed by atoms with Gasteiger partial charge in [0.15, 0.2) is 0 Å². The summed E-state index contributed by atoms with van der Waals surface area (Å²) in [4.78, 5) is 22.0. The van der Waals surface area contributed by atoms with Crippen molar-refractivity contribution in [3.63, 3.8) is 0 Å². The number of carboxylic acid groups (broad SMARTS) is 1. The van der Waals surface area contributed by atoms with Gasteiger partial charge in [-0.15, -0.1) is 0 Å². The Labute approximate surface area is 60.0 Å². The number of carbonyl (C=O) groups excluding carboxylic acids is 1. The number of rotatable bonds is 0. The molecule has 1 N–H and O–H groups in total. The molecule has 0 unspecified atom stereocenters. The Morgan fingerprint density at radius 3 is 2.80 bits per heavy atom. The summed E-state index contributed by atoms with van der Waals surface area (Å²) >= 11 is 0. The third-order valence-electron chi connectivity index (χ3n) is 1.55. The van der Waals surface area contributed by atoms with Crippen molar-refractivity contribution < 1.29 is 14.7 Å². The normalized spacial score (nSPS) is 20.0. The molecule has 0 aromatic rings. The van der Waals surface area contributed by atoms with Crippen molar-refractivity contribution in [2.45, 2.75) is 0 Å². The van der Waals surface area contributed by atoms with Crippen LogP contribution >= 0.6 is 8.58 Å². The molecule has 0 bridgehead atoms. The minimum atomic E-state index is -1.10. The molecule has 1 fully saturated rings. The fourth-order valence-electron chi connectivity index (χ4n) is 1.01. The third kappa shape index (κ3) is 1.45. The van der Waals surface area contributed by atoms with Gasteiger partial charge < -0.3 is 0 Å². The van der Waals surface area contributed by atoms with Gasteiger partial charge in [0.25, 0.3) is 0 Å². The molecule has 1 rings (SSSR count). The molecule has 0 radical (unpaired) electrons. The summed E-state index contributed by atoms with van der Waals surface area (Å²) in [5.74, 6) is -0.203. The van der Waals surface area contributed by atoms with Gasteiger partial charge in [-0.3, -0.25) is 0 Å². The van der Waals surface area contributed by atoms with Crippen molar-refractivity contribution >= 4 is 20.6 Å². The van der Waals surface area contributed by atoms with Crippen molar-refractivity contribution in [2.24, 2.45) is 0 Å². The van der Waals surface area contributed by atoms with E-state index in [2.05, 4.69) is 0 Å². The van der Waals surface area contributed by atoms with Crippen LogP contribution in [0.25, 0.3) is 0 Å². The topological polar surface area (TPSA) is 57.6 Å². The molecule has 0 saturated carbocycles. The summed E-state index contributed by atoms with van der Waals surface area (Å²) < 4.78 is 0. The minimum absolute atomic E-state index is 0.203. The zero-order valence-electron chi connectivity index (χ0n) is 5.54. The predicted molar refractivity (Wildman–Crippen MR) is 40.6 cm³/mol. The maximum atomic E-state index is 10.8. The van der Waals surface area contributed by atoms with E-state index in [9.17, 15) is 9.59 Å². The van der Waals surface area contributed by atoms with Gasteiger partial charge in [0.1, 0.15) is 0 Å². The van der Waals surface area contributed by atoms with Crippen LogP contribution in [0.5, 0.6) is 0 Å². The summed E-state index contributed by atoms with van der Waals surface area (Å²) in [5.41, 5.74) is 0. The van der Waals surface area contributed by atoms with E-state index in [-0.39, 0.29) is 14.5 Å². The first-order valence-electron chi connectivity index (χ1n) is 3.25. The summed E-state index contributed by atoms with van der Waals surface area (Å²) in [6, 6.07) is 0. The molecular weight excluding hydrogens is 153 g/mol. The molecule has 0 aromatic heterocycles. The fourth-order valence-corrected chi connectivity index (χ4v) is 2.37. The summed E-state index contributed by atoms with van der Waals surface area (Å²) in [5, 5.41) is 8.43. The van der Waals surface area contributed by atoms with Crippen molar-refractivity contribution in [3.05, 3.63) is 0 Å². The van der Waals surface area contributed by atoms with Crippen LogP contribution in [0.1, 0.15) is 0 Å². The quantitative estimate of drug-likeness (QED) is 0.496. The van der Waals surface area contributed by atoms with Crippen molar-refractivity contribution in [3.8, 4) is 0 Å². The molecule has 0 atom stereocenters. The third-order valence-corrected chi connectivity index (χ3v) is 3.15. The second kappa shape index (κ2) is 2.97. The number of amides is 2. The van der Waals surface area contributed by atoms with Crippen LogP contribution in [-0.4, -0.2) is 40.9 Å². The maximum absolute atomic E-state index is 10.8. The van der Waals surface area contributed by atoms with Crippen LogP contribution < -0.4 is 0 Å². The van der Waals surface area contributed by atoms with Gasteiger partial charge >= 0.3 is 59.0 Å². The Bertz CT molecular complexity index is 170. The molecule has 5 heteroatoms. The van der Waals surface area contributed by atoms with Crippen molar-refractivity contribution in [1.82, 2.24) is 4.90 Å². The first kappa shape index (κ1) is 7.48. The van der Waals surface area contributed by atoms with Crippen LogP contribution in [0.15, 0.2) is 0 Å². The second-order valence-corrected chi connectivity index (χ2v) is 4.20. The van der Waals surface area contributed by atoms with E-state index in [4.69, 9.17) is 5.11 Å². The number of carbonyl (C=O) groups is 2. The van der Waals surface area contributed by atoms with E-state index in [0.717, 1.165) is 11.1 Å². The molecule has 58 valence electrons. The number of hydrogen-bond acceptors (Lipinski definition) is 2. The van der Waals surface area contributed by atoms with Gasteiger partial charge in [-0.25, -0.2) is 0 Å². The zero-order chi connectivity index (χ0) is 7.56. The van der Waals surface area contributed by atoms with E-state index in [0.29, 0.717) is 12.7 Å². The van der Waals surface area contributed by atoms with Gasteiger partial charge in [0, 0.05) is 0 Å². The Kier molecular flexibility index (Phi) is 2.22. The van der Waals surface area contributed by atoms with Crippen LogP contribution in [0, 0.1) is 0 Å². The molecule has 0 aromatic carbocycles. The van der Waals surface area contributed by atoms with Crippen LogP contribution in [-0.2, 0) is 4.79 Å². The van der Waals surface area contributed by atoms with E-state index in [1.54, 1.807) is 0 Å². The summed E-state index contributed by atoms with van der Waals surface area (Å²) in [6.45, 7) is 0.431. The standard InChI is InChI=1S/C5H10NO3P/c7-4-3-10-2-1-6(4)5(8)9/h1-3H2,10H3,(H,8,9). The summed E-state index contributed by atoms with van der Waals surface area (Å²) in [6.07, 6.45) is 0.364. The molecule has 10 heavy (non-hydrogen) atoms. The molecule has 1 heterocycles. The van der Waals surface area contributed by atoms with Gasteiger partial charge in [-0.2, -0.15) is 0 Å². The van der Waals surface area contributed by atoms with Crippen molar-refractivity contribution in [1.29, 1.82) is 0 Å². The second-order valence-electron chi connectivity index (χ2n) is 2.29. The molecule has 0 aliphatic carbocycles. The zero-order valence-corrected chi connectivity index (χ0v) is 6.95. The van der Waals surface area contributed by atoms with E-state index < -0.39 is 6.09 Å². The van der Waals surface area contributed by atoms with E-state index in [1.807, 2.05) is 0 Å². The van der Waals surface area contributed by atoms with E-state index >= 15 is 0 Å². The van der Waals surface area contributed by atoms with Crippen LogP contribution in [0.3, 0.4) is 0 Å². The summed E-state index contributed by atoms with van der Waals surface area (Å²) in [7, 11) is -0.257. The van der Waals surface area contributed by atoms with Gasteiger partial charge in [0.2, 0.25) is 0 Å². The molecule has 4 nitrogen and oxygen atoms in total. The monoisotopic (exact) mass is 163 g/mol. The molecule has 1 aliphatic rings. The average molecular weight is 163 g/mol. The van der Waals surface area contributed by atoms with Crippen molar-refractivity contribution in [2.75, 3.05) is 18.9 Å². The van der Waals surface area contributed by atoms with Gasteiger partial charge in [0.05, 0.1) is 0 Å². The predicted octanol–water partition coefficient (Wildman–Crippen LogP) is -0.350. The Morgan fingerprint density at radius 1 is 1.70 bits per heavy atom. The van der Waals surface area contributed by atoms with Crippen LogP contribution in [0.4, 0.5) is 4.79 Å². The Balaban J connectivity index is 2.56. The van der Waals surface area contributed by atoms with E-state index in [1.165, 1.54) is 0 Å². The average Bonchev–Trinajstić information content (AvgIpc) is 1.88.